The number of para-hydroxylation sites is 1. The number of benzene rings is 3. The maximum atomic E-state index is 5.98. The minimum Gasteiger partial charge on any atom is -0.497 e. The van der Waals surface area contributed by atoms with Crippen LogP contribution in [0.1, 0.15) is 0 Å². The molecule has 1 heterocycles. The highest BCUT2D eigenvalue weighted by atomic mass is 16.5. The normalized spacial score (nSPS) is 10.5. The Bertz CT molecular complexity index is 1060. The van der Waals surface area contributed by atoms with Crippen LogP contribution in [0.25, 0.3) is 16.8 Å². The van der Waals surface area contributed by atoms with Crippen molar-refractivity contribution in [1.29, 1.82) is 0 Å². The third-order valence-electron chi connectivity index (χ3n) is 4.19. The van der Waals surface area contributed by atoms with E-state index >= 15 is 0 Å². The Kier molecular flexibility index (Phi) is 4.88. The predicted molar refractivity (Wildman–Crippen MR) is 104 cm³/mol. The fourth-order valence-corrected chi connectivity index (χ4v) is 2.78. The van der Waals surface area contributed by atoms with Crippen LogP contribution in [0.5, 0.6) is 23.3 Å². The third kappa shape index (κ3) is 3.64. The molecular formula is C21H18N4O3. The van der Waals surface area contributed by atoms with E-state index in [-0.39, 0.29) is 6.01 Å². The van der Waals surface area contributed by atoms with Gasteiger partial charge in [-0.1, -0.05) is 35.4 Å². The molecule has 1 aromatic heterocycles. The van der Waals surface area contributed by atoms with Gasteiger partial charge in [0, 0.05) is 6.07 Å². The van der Waals surface area contributed by atoms with Gasteiger partial charge in [-0.25, -0.2) is 0 Å². The molecule has 0 radical (unpaired) electrons. The maximum absolute atomic E-state index is 5.98. The zero-order valence-corrected chi connectivity index (χ0v) is 15.4. The molecule has 7 heteroatoms. The van der Waals surface area contributed by atoms with Gasteiger partial charge in [0.1, 0.15) is 17.2 Å². The lowest BCUT2D eigenvalue weighted by atomic mass is 10.0. The van der Waals surface area contributed by atoms with Crippen molar-refractivity contribution in [3.05, 3.63) is 72.8 Å². The second kappa shape index (κ2) is 7.79. The molecule has 0 unspecified atom stereocenters. The first kappa shape index (κ1) is 17.5. The van der Waals surface area contributed by atoms with Crippen LogP contribution in [-0.2, 0) is 0 Å². The molecule has 28 heavy (non-hydrogen) atoms. The summed E-state index contributed by atoms with van der Waals surface area (Å²) in [5.41, 5.74) is 2.75. The molecule has 0 saturated heterocycles. The highest BCUT2D eigenvalue weighted by molar-refractivity contribution is 5.68. The second-order valence-electron chi connectivity index (χ2n) is 5.94. The second-order valence-corrected chi connectivity index (χ2v) is 5.94. The first-order chi connectivity index (χ1) is 13.8. The van der Waals surface area contributed by atoms with E-state index in [1.54, 1.807) is 20.3 Å². The van der Waals surface area contributed by atoms with E-state index in [4.69, 9.17) is 14.2 Å². The van der Waals surface area contributed by atoms with Gasteiger partial charge in [0.2, 0.25) is 0 Å². The van der Waals surface area contributed by atoms with E-state index in [0.29, 0.717) is 11.5 Å². The average Bonchev–Trinajstić information content (AvgIpc) is 3.22. The molecule has 7 nitrogen and oxygen atoms in total. The molecule has 0 saturated carbocycles. The van der Waals surface area contributed by atoms with Crippen LogP contribution in [0.15, 0.2) is 72.8 Å². The lowest BCUT2D eigenvalue weighted by Gasteiger charge is -2.11. The summed E-state index contributed by atoms with van der Waals surface area (Å²) in [5.74, 6) is 2.03. The van der Waals surface area contributed by atoms with Crippen LogP contribution in [0, 0.1) is 0 Å². The van der Waals surface area contributed by atoms with Gasteiger partial charge in [0.15, 0.2) is 0 Å². The van der Waals surface area contributed by atoms with Gasteiger partial charge in [-0.3, -0.25) is 0 Å². The molecule has 0 bridgehead atoms. The molecule has 0 atom stereocenters. The van der Waals surface area contributed by atoms with E-state index in [1.807, 2.05) is 66.7 Å². The Hall–Kier alpha value is -3.87. The Balaban J connectivity index is 1.68. The van der Waals surface area contributed by atoms with Crippen LogP contribution in [-0.4, -0.2) is 34.4 Å². The van der Waals surface area contributed by atoms with E-state index in [2.05, 4.69) is 15.5 Å². The molecule has 0 spiro atoms. The molecule has 0 aliphatic carbocycles. The number of methoxy groups -OCH3 is 2. The summed E-state index contributed by atoms with van der Waals surface area (Å²) in [6.07, 6.45) is 0. The number of nitrogens with zero attached hydrogens (tertiary/aromatic N) is 4. The van der Waals surface area contributed by atoms with Gasteiger partial charge in [-0.15, -0.1) is 0 Å². The van der Waals surface area contributed by atoms with Crippen LogP contribution >= 0.6 is 0 Å². The molecule has 0 amide bonds. The standard InChI is InChI=1S/C21H18N4O3/c1-26-18-10-8-15(9-11-18)16-12-19(27-2)14-20(13-16)28-21-22-23-24-25(21)17-6-4-3-5-7-17/h3-14H,1-2H3. The SMILES string of the molecule is COc1ccc(-c2cc(OC)cc(Oc3nnnn3-c3ccccc3)c2)cc1. The van der Waals surface area contributed by atoms with E-state index in [9.17, 15) is 0 Å². The summed E-state index contributed by atoms with van der Waals surface area (Å²) in [4.78, 5) is 0. The van der Waals surface area contributed by atoms with Gasteiger partial charge in [0.05, 0.1) is 19.9 Å². The highest BCUT2D eigenvalue weighted by Crippen LogP contribution is 2.32. The summed E-state index contributed by atoms with van der Waals surface area (Å²) in [6, 6.07) is 23.2. The minimum atomic E-state index is 0.264. The monoisotopic (exact) mass is 374 g/mol. The van der Waals surface area contributed by atoms with Gasteiger partial charge in [0.25, 0.3) is 0 Å². The lowest BCUT2D eigenvalue weighted by Crippen LogP contribution is -2.00. The van der Waals surface area contributed by atoms with Crippen LogP contribution < -0.4 is 14.2 Å². The number of hydrogen-bond acceptors (Lipinski definition) is 6. The predicted octanol–water partition coefficient (Wildman–Crippen LogP) is 4.14. The third-order valence-corrected chi connectivity index (χ3v) is 4.19. The number of tetrazole rings is 1. The zero-order valence-electron chi connectivity index (χ0n) is 15.4. The fourth-order valence-electron chi connectivity index (χ4n) is 2.78. The van der Waals surface area contributed by atoms with E-state index in [1.165, 1.54) is 4.68 Å². The molecular weight excluding hydrogens is 356 g/mol. The van der Waals surface area contributed by atoms with Crippen molar-refractivity contribution in [2.24, 2.45) is 0 Å². The van der Waals surface area contributed by atoms with Crippen molar-refractivity contribution in [2.45, 2.75) is 0 Å². The van der Waals surface area contributed by atoms with Gasteiger partial charge in [-0.2, -0.15) is 4.68 Å². The lowest BCUT2D eigenvalue weighted by molar-refractivity contribution is 0.401. The quantitative estimate of drug-likeness (QED) is 0.505. The van der Waals surface area contributed by atoms with Crippen molar-refractivity contribution < 1.29 is 14.2 Å². The first-order valence-electron chi connectivity index (χ1n) is 8.62. The van der Waals surface area contributed by atoms with Gasteiger partial charge >= 0.3 is 6.01 Å². The van der Waals surface area contributed by atoms with Crippen LogP contribution in [0.3, 0.4) is 0 Å². The molecule has 0 N–H and O–H groups in total. The molecule has 0 aliphatic heterocycles. The Morgan fingerprint density at radius 3 is 2.14 bits per heavy atom. The maximum Gasteiger partial charge on any atom is 0.345 e. The summed E-state index contributed by atoms with van der Waals surface area (Å²) < 4.78 is 18.2. The summed E-state index contributed by atoms with van der Waals surface area (Å²) in [7, 11) is 3.26. The molecule has 140 valence electrons. The largest absolute Gasteiger partial charge is 0.497 e. The van der Waals surface area contributed by atoms with Crippen molar-refractivity contribution in [3.63, 3.8) is 0 Å². The van der Waals surface area contributed by atoms with Gasteiger partial charge < -0.3 is 14.2 Å². The topological polar surface area (TPSA) is 71.3 Å². The number of ether oxygens (including phenoxy) is 3. The average molecular weight is 374 g/mol. The smallest absolute Gasteiger partial charge is 0.345 e. The Morgan fingerprint density at radius 2 is 1.43 bits per heavy atom. The first-order valence-corrected chi connectivity index (χ1v) is 8.62. The zero-order chi connectivity index (χ0) is 19.3. The molecule has 0 aliphatic rings. The summed E-state index contributed by atoms with van der Waals surface area (Å²) >= 11 is 0. The Morgan fingerprint density at radius 1 is 0.714 bits per heavy atom. The van der Waals surface area contributed by atoms with Crippen molar-refractivity contribution in [2.75, 3.05) is 14.2 Å². The van der Waals surface area contributed by atoms with Crippen molar-refractivity contribution in [1.82, 2.24) is 20.2 Å². The molecule has 0 fully saturated rings. The number of hydrogen-bond donors (Lipinski definition) is 0. The summed E-state index contributed by atoms with van der Waals surface area (Å²) in [5, 5.41) is 11.7. The van der Waals surface area contributed by atoms with Crippen LogP contribution in [0.4, 0.5) is 0 Å². The molecule has 3 aromatic carbocycles. The molecule has 4 aromatic rings. The van der Waals surface area contributed by atoms with E-state index < -0.39 is 0 Å². The van der Waals surface area contributed by atoms with Crippen molar-refractivity contribution in [3.8, 4) is 40.1 Å². The van der Waals surface area contributed by atoms with Crippen molar-refractivity contribution >= 4 is 0 Å². The molecule has 4 rings (SSSR count). The van der Waals surface area contributed by atoms with Gasteiger partial charge in [-0.05, 0) is 58.0 Å². The number of aromatic nitrogens is 4. The fraction of sp³-hybridized carbons (Fsp3) is 0.0952. The highest BCUT2D eigenvalue weighted by Gasteiger charge is 2.12. The Labute approximate surface area is 162 Å². The van der Waals surface area contributed by atoms with Crippen LogP contribution in [0.2, 0.25) is 0 Å². The minimum absolute atomic E-state index is 0.264. The summed E-state index contributed by atoms with van der Waals surface area (Å²) in [6.45, 7) is 0. The van der Waals surface area contributed by atoms with E-state index in [0.717, 1.165) is 22.6 Å². The number of rotatable bonds is 6.